The van der Waals surface area contributed by atoms with Gasteiger partial charge in [0.15, 0.2) is 0 Å². The summed E-state index contributed by atoms with van der Waals surface area (Å²) in [5, 5.41) is 3.97. The van der Waals surface area contributed by atoms with Gasteiger partial charge in [0.05, 0.1) is 28.0 Å². The Labute approximate surface area is 98.0 Å². The molecule has 1 aromatic carbocycles. The van der Waals surface area contributed by atoms with Crippen LogP contribution in [0.4, 0.5) is 11.4 Å². The molecule has 1 N–H and O–H groups in total. The molecule has 15 heavy (non-hydrogen) atoms. The highest BCUT2D eigenvalue weighted by atomic mass is 35.5. The van der Waals surface area contributed by atoms with E-state index in [2.05, 4.69) is 5.32 Å². The van der Waals surface area contributed by atoms with E-state index in [1.54, 1.807) is 17.0 Å². The second-order valence-corrected chi connectivity index (χ2v) is 4.09. The van der Waals surface area contributed by atoms with Crippen LogP contribution in [0.2, 0.25) is 10.0 Å². The van der Waals surface area contributed by atoms with Crippen LogP contribution < -0.4 is 10.2 Å². The number of amides is 1. The summed E-state index contributed by atoms with van der Waals surface area (Å²) in [6.45, 7) is 2.86. The van der Waals surface area contributed by atoms with Crippen LogP contribution in [0.1, 0.15) is 6.92 Å². The summed E-state index contributed by atoms with van der Waals surface area (Å²) in [5.41, 5.74) is 1.65. The minimum absolute atomic E-state index is 0.0448. The molecule has 80 valence electrons. The quantitative estimate of drug-likeness (QED) is 0.825. The lowest BCUT2D eigenvalue weighted by molar-refractivity contribution is -0.117. The number of hydrogen-bond donors (Lipinski definition) is 1. The summed E-state index contributed by atoms with van der Waals surface area (Å²) in [6, 6.07) is 3.46. The Morgan fingerprint density at radius 2 is 2.07 bits per heavy atom. The zero-order chi connectivity index (χ0) is 11.0. The molecule has 0 aromatic heterocycles. The fraction of sp³-hybridized carbons (Fsp3) is 0.300. The number of nitrogens with zero attached hydrogens (tertiary/aromatic N) is 1. The van der Waals surface area contributed by atoms with Crippen LogP contribution in [0.25, 0.3) is 0 Å². The predicted molar refractivity (Wildman–Crippen MR) is 63.0 cm³/mol. The van der Waals surface area contributed by atoms with Crippen LogP contribution in [-0.2, 0) is 4.79 Å². The summed E-state index contributed by atoms with van der Waals surface area (Å²) < 4.78 is 0. The van der Waals surface area contributed by atoms with Crippen molar-refractivity contribution in [1.82, 2.24) is 0 Å². The van der Waals surface area contributed by atoms with Crippen molar-refractivity contribution >= 4 is 40.5 Å². The molecule has 0 bridgehead atoms. The molecule has 1 aromatic rings. The van der Waals surface area contributed by atoms with Crippen molar-refractivity contribution < 1.29 is 4.79 Å². The molecule has 0 atom stereocenters. The number of likely N-dealkylation sites (N-methyl/N-ethyl adjacent to an activating group) is 1. The summed E-state index contributed by atoms with van der Waals surface area (Å²) in [7, 11) is 0. The van der Waals surface area contributed by atoms with Crippen LogP contribution in [0.3, 0.4) is 0 Å². The predicted octanol–water partition coefficient (Wildman–Crippen LogP) is 2.77. The average molecular weight is 245 g/mol. The van der Waals surface area contributed by atoms with Crippen molar-refractivity contribution in [3.63, 3.8) is 0 Å². The highest BCUT2D eigenvalue weighted by molar-refractivity contribution is 6.42. The SMILES string of the molecule is CCN1C(=O)CNc2cc(Cl)c(Cl)cc21. The minimum atomic E-state index is 0.0448. The van der Waals surface area contributed by atoms with Gasteiger partial charge in [-0.2, -0.15) is 0 Å². The number of halogens is 2. The summed E-state index contributed by atoms with van der Waals surface area (Å²) in [4.78, 5) is 13.3. The molecule has 0 saturated carbocycles. The molecule has 0 unspecified atom stereocenters. The average Bonchev–Trinajstić information content (AvgIpc) is 2.21. The van der Waals surface area contributed by atoms with Gasteiger partial charge in [-0.3, -0.25) is 4.79 Å². The van der Waals surface area contributed by atoms with Gasteiger partial charge >= 0.3 is 0 Å². The fourth-order valence-corrected chi connectivity index (χ4v) is 1.97. The molecule has 0 saturated heterocycles. The van der Waals surface area contributed by atoms with Gasteiger partial charge in [-0.15, -0.1) is 0 Å². The third-order valence-electron chi connectivity index (χ3n) is 2.38. The smallest absolute Gasteiger partial charge is 0.246 e. The van der Waals surface area contributed by atoms with Gasteiger partial charge in [0.25, 0.3) is 0 Å². The molecule has 0 aliphatic carbocycles. The van der Waals surface area contributed by atoms with E-state index < -0.39 is 0 Å². The van der Waals surface area contributed by atoms with Gasteiger partial charge in [0.2, 0.25) is 5.91 Å². The third kappa shape index (κ3) is 1.77. The second-order valence-electron chi connectivity index (χ2n) is 3.28. The van der Waals surface area contributed by atoms with Crippen molar-refractivity contribution in [2.45, 2.75) is 6.92 Å². The van der Waals surface area contributed by atoms with E-state index in [0.29, 0.717) is 23.1 Å². The van der Waals surface area contributed by atoms with Gasteiger partial charge in [-0.25, -0.2) is 0 Å². The first-order valence-corrected chi connectivity index (χ1v) is 5.42. The van der Waals surface area contributed by atoms with Crippen molar-refractivity contribution in [3.05, 3.63) is 22.2 Å². The van der Waals surface area contributed by atoms with E-state index in [1.165, 1.54) is 0 Å². The Morgan fingerprint density at radius 1 is 1.40 bits per heavy atom. The van der Waals surface area contributed by atoms with E-state index >= 15 is 0 Å². The Balaban J connectivity index is 2.53. The number of nitrogens with one attached hydrogen (secondary N) is 1. The standard InChI is InChI=1S/C10H10Cl2N2O/c1-2-14-9-4-7(12)6(11)3-8(9)13-5-10(14)15/h3-4,13H,2,5H2,1H3. The normalized spacial score (nSPS) is 14.9. The minimum Gasteiger partial charge on any atom is -0.374 e. The lowest BCUT2D eigenvalue weighted by atomic mass is 10.2. The first-order chi connectivity index (χ1) is 7.13. The molecule has 1 aliphatic rings. The number of carbonyl (C=O) groups excluding carboxylic acids is 1. The molecule has 5 heteroatoms. The van der Waals surface area contributed by atoms with Gasteiger partial charge in [-0.1, -0.05) is 23.2 Å². The molecule has 1 heterocycles. The number of hydrogen-bond acceptors (Lipinski definition) is 2. The van der Waals surface area contributed by atoms with Crippen molar-refractivity contribution in [3.8, 4) is 0 Å². The molecule has 3 nitrogen and oxygen atoms in total. The Bertz CT molecular complexity index is 420. The van der Waals surface area contributed by atoms with Gasteiger partial charge < -0.3 is 10.2 Å². The molecule has 0 spiro atoms. The van der Waals surface area contributed by atoms with Crippen LogP contribution in [0.5, 0.6) is 0 Å². The fourth-order valence-electron chi connectivity index (χ4n) is 1.65. The van der Waals surface area contributed by atoms with Gasteiger partial charge in [0.1, 0.15) is 0 Å². The monoisotopic (exact) mass is 244 g/mol. The molecule has 1 aliphatic heterocycles. The van der Waals surface area contributed by atoms with Crippen LogP contribution in [-0.4, -0.2) is 19.0 Å². The first kappa shape index (κ1) is 10.6. The topological polar surface area (TPSA) is 32.3 Å². The Morgan fingerprint density at radius 3 is 2.73 bits per heavy atom. The number of fused-ring (bicyclic) bond motifs is 1. The highest BCUT2D eigenvalue weighted by Crippen LogP contribution is 2.36. The van der Waals surface area contributed by atoms with Crippen molar-refractivity contribution in [2.75, 3.05) is 23.3 Å². The van der Waals surface area contributed by atoms with Crippen LogP contribution in [0.15, 0.2) is 12.1 Å². The van der Waals surface area contributed by atoms with Crippen molar-refractivity contribution in [1.29, 1.82) is 0 Å². The van der Waals surface area contributed by atoms with E-state index in [1.807, 2.05) is 6.92 Å². The largest absolute Gasteiger partial charge is 0.374 e. The van der Waals surface area contributed by atoms with Crippen LogP contribution in [0, 0.1) is 0 Å². The van der Waals surface area contributed by atoms with Gasteiger partial charge in [-0.05, 0) is 19.1 Å². The molecule has 0 radical (unpaired) electrons. The number of benzene rings is 1. The summed E-state index contributed by atoms with van der Waals surface area (Å²) in [5.74, 6) is 0.0448. The molecule has 1 amide bonds. The van der Waals surface area contributed by atoms with E-state index in [-0.39, 0.29) is 5.91 Å². The van der Waals surface area contributed by atoms with E-state index in [4.69, 9.17) is 23.2 Å². The maximum atomic E-state index is 11.6. The number of rotatable bonds is 1. The number of anilines is 2. The summed E-state index contributed by atoms with van der Waals surface area (Å²) >= 11 is 11.8. The third-order valence-corrected chi connectivity index (χ3v) is 3.10. The maximum Gasteiger partial charge on any atom is 0.246 e. The summed E-state index contributed by atoms with van der Waals surface area (Å²) in [6.07, 6.45) is 0. The molecule has 2 rings (SSSR count). The second kappa shape index (κ2) is 3.91. The lowest BCUT2D eigenvalue weighted by Gasteiger charge is -2.29. The lowest BCUT2D eigenvalue weighted by Crippen LogP contribution is -2.39. The van der Waals surface area contributed by atoms with Crippen LogP contribution >= 0.6 is 23.2 Å². The Hall–Kier alpha value is -0.930. The Kier molecular flexibility index (Phi) is 2.76. The van der Waals surface area contributed by atoms with E-state index in [9.17, 15) is 4.79 Å². The zero-order valence-corrected chi connectivity index (χ0v) is 9.69. The molecular weight excluding hydrogens is 235 g/mol. The molecule has 0 fully saturated rings. The molecular formula is C10H10Cl2N2O. The van der Waals surface area contributed by atoms with Gasteiger partial charge in [0, 0.05) is 6.54 Å². The van der Waals surface area contributed by atoms with E-state index in [0.717, 1.165) is 11.4 Å². The van der Waals surface area contributed by atoms with Crippen molar-refractivity contribution in [2.24, 2.45) is 0 Å². The number of carbonyl (C=O) groups is 1. The first-order valence-electron chi connectivity index (χ1n) is 4.66. The zero-order valence-electron chi connectivity index (χ0n) is 8.18. The maximum absolute atomic E-state index is 11.6. The highest BCUT2D eigenvalue weighted by Gasteiger charge is 2.23.